The summed E-state index contributed by atoms with van der Waals surface area (Å²) in [5.74, 6) is -0.669. The zero-order valence-electron chi connectivity index (χ0n) is 8.73. The highest BCUT2D eigenvalue weighted by atomic mass is 16.4. The molecule has 2 N–H and O–H groups in total. The van der Waals surface area contributed by atoms with Gasteiger partial charge in [-0.2, -0.15) is 0 Å². The Morgan fingerprint density at radius 3 is 3.00 bits per heavy atom. The van der Waals surface area contributed by atoms with Gasteiger partial charge in [0.2, 0.25) is 0 Å². The topological polar surface area (TPSA) is 66.0 Å². The molecule has 82 valence electrons. The number of aromatic amines is 1. The minimum Gasteiger partial charge on any atom is -0.481 e. The molecule has 4 nitrogen and oxygen atoms in total. The number of aromatic nitrogens is 2. The highest BCUT2D eigenvalue weighted by Gasteiger charge is 2.49. The average Bonchev–Trinajstić information content (AvgIpc) is 2.90. The molecule has 2 aromatic rings. The van der Waals surface area contributed by atoms with Crippen molar-refractivity contribution in [3.05, 3.63) is 30.1 Å². The summed E-state index contributed by atoms with van der Waals surface area (Å²) in [5, 5.41) is 9.12. The van der Waals surface area contributed by atoms with Crippen molar-refractivity contribution in [3.8, 4) is 0 Å². The summed E-state index contributed by atoms with van der Waals surface area (Å²) in [6.07, 6.45) is 3.86. The third kappa shape index (κ3) is 1.38. The van der Waals surface area contributed by atoms with Gasteiger partial charge in [-0.15, -0.1) is 0 Å². The molecule has 0 atom stereocenters. The molecule has 0 amide bonds. The minimum atomic E-state index is -0.669. The van der Waals surface area contributed by atoms with Crippen molar-refractivity contribution >= 4 is 17.0 Å². The predicted octanol–water partition coefficient (Wildman–Crippen LogP) is 1.97. The third-order valence-corrected chi connectivity index (χ3v) is 3.33. The Morgan fingerprint density at radius 1 is 1.50 bits per heavy atom. The first-order valence-corrected chi connectivity index (χ1v) is 5.35. The molecule has 16 heavy (non-hydrogen) atoms. The maximum Gasteiger partial charge on any atom is 0.309 e. The van der Waals surface area contributed by atoms with Gasteiger partial charge in [-0.3, -0.25) is 4.79 Å². The quantitative estimate of drug-likeness (QED) is 0.824. The smallest absolute Gasteiger partial charge is 0.309 e. The number of hydrogen-bond donors (Lipinski definition) is 2. The number of fused-ring (bicyclic) bond motifs is 1. The first-order valence-electron chi connectivity index (χ1n) is 5.35. The fourth-order valence-electron chi connectivity index (χ4n) is 2.10. The molecule has 1 fully saturated rings. The molecule has 1 aliphatic rings. The van der Waals surface area contributed by atoms with Crippen LogP contribution in [0, 0.1) is 5.41 Å². The van der Waals surface area contributed by atoms with Gasteiger partial charge in [0.05, 0.1) is 22.8 Å². The summed E-state index contributed by atoms with van der Waals surface area (Å²) in [7, 11) is 0. The van der Waals surface area contributed by atoms with E-state index in [-0.39, 0.29) is 0 Å². The first-order chi connectivity index (χ1) is 7.70. The fraction of sp³-hybridized carbons (Fsp3) is 0.333. The Labute approximate surface area is 92.3 Å². The largest absolute Gasteiger partial charge is 0.481 e. The van der Waals surface area contributed by atoms with Gasteiger partial charge in [-0.05, 0) is 37.0 Å². The second-order valence-corrected chi connectivity index (χ2v) is 4.52. The third-order valence-electron chi connectivity index (χ3n) is 3.33. The van der Waals surface area contributed by atoms with Crippen molar-refractivity contribution in [1.29, 1.82) is 0 Å². The van der Waals surface area contributed by atoms with E-state index in [2.05, 4.69) is 9.97 Å². The standard InChI is InChI=1S/C12H12N2O2/c15-11(16)12(3-4-12)6-8-1-2-9-10(5-8)14-7-13-9/h1-2,5,7H,3-4,6H2,(H,13,14)(H,15,16). The van der Waals surface area contributed by atoms with Gasteiger partial charge >= 0.3 is 5.97 Å². The Morgan fingerprint density at radius 2 is 2.31 bits per heavy atom. The molecule has 0 bridgehead atoms. The number of carboxylic acid groups (broad SMARTS) is 1. The lowest BCUT2D eigenvalue weighted by atomic mass is 9.96. The summed E-state index contributed by atoms with van der Waals surface area (Å²) in [5.41, 5.74) is 2.47. The lowest BCUT2D eigenvalue weighted by Crippen LogP contribution is -2.17. The van der Waals surface area contributed by atoms with Gasteiger partial charge in [0.1, 0.15) is 0 Å². The van der Waals surface area contributed by atoms with Crippen molar-refractivity contribution in [3.63, 3.8) is 0 Å². The Balaban J connectivity index is 1.92. The van der Waals surface area contributed by atoms with E-state index < -0.39 is 11.4 Å². The zero-order chi connectivity index (χ0) is 11.2. The molecular formula is C12H12N2O2. The summed E-state index contributed by atoms with van der Waals surface area (Å²) in [4.78, 5) is 18.3. The summed E-state index contributed by atoms with van der Waals surface area (Å²) < 4.78 is 0. The minimum absolute atomic E-state index is 0.492. The second kappa shape index (κ2) is 3.07. The van der Waals surface area contributed by atoms with Gasteiger partial charge in [-0.25, -0.2) is 4.98 Å². The average molecular weight is 216 g/mol. The Hall–Kier alpha value is -1.84. The Kier molecular flexibility index (Phi) is 1.80. The van der Waals surface area contributed by atoms with E-state index in [1.165, 1.54) is 0 Å². The van der Waals surface area contributed by atoms with Gasteiger partial charge in [-0.1, -0.05) is 6.07 Å². The number of hydrogen-bond acceptors (Lipinski definition) is 2. The van der Waals surface area contributed by atoms with Crippen molar-refractivity contribution in [2.24, 2.45) is 5.41 Å². The summed E-state index contributed by atoms with van der Waals surface area (Å²) in [6, 6.07) is 5.89. The summed E-state index contributed by atoms with van der Waals surface area (Å²) >= 11 is 0. The van der Waals surface area contributed by atoms with E-state index in [4.69, 9.17) is 5.11 Å². The van der Waals surface area contributed by atoms with Crippen LogP contribution >= 0.6 is 0 Å². The van der Waals surface area contributed by atoms with Crippen LogP contribution in [-0.2, 0) is 11.2 Å². The van der Waals surface area contributed by atoms with E-state index in [0.29, 0.717) is 6.42 Å². The number of benzene rings is 1. The molecule has 0 unspecified atom stereocenters. The molecule has 4 heteroatoms. The van der Waals surface area contributed by atoms with Crippen molar-refractivity contribution in [2.75, 3.05) is 0 Å². The highest BCUT2D eigenvalue weighted by Crippen LogP contribution is 2.48. The number of carboxylic acids is 1. The molecule has 1 aliphatic carbocycles. The molecular weight excluding hydrogens is 204 g/mol. The van der Waals surface area contributed by atoms with Crippen LogP contribution in [0.1, 0.15) is 18.4 Å². The van der Waals surface area contributed by atoms with Gasteiger partial charge in [0.25, 0.3) is 0 Å². The number of nitrogens with one attached hydrogen (secondary N) is 1. The predicted molar refractivity (Wildman–Crippen MR) is 59.1 cm³/mol. The number of H-pyrrole nitrogens is 1. The maximum absolute atomic E-state index is 11.1. The van der Waals surface area contributed by atoms with Gasteiger partial charge < -0.3 is 10.1 Å². The van der Waals surface area contributed by atoms with Crippen molar-refractivity contribution in [2.45, 2.75) is 19.3 Å². The van der Waals surface area contributed by atoms with Crippen LogP contribution in [0.3, 0.4) is 0 Å². The van der Waals surface area contributed by atoms with Crippen LogP contribution in [0.2, 0.25) is 0 Å². The molecule has 1 heterocycles. The van der Waals surface area contributed by atoms with E-state index in [1.807, 2.05) is 18.2 Å². The Bertz CT molecular complexity index is 555. The number of aliphatic carboxylic acids is 1. The first kappa shape index (κ1) is 9.39. The second-order valence-electron chi connectivity index (χ2n) is 4.52. The number of imidazole rings is 1. The lowest BCUT2D eigenvalue weighted by Gasteiger charge is -2.09. The zero-order valence-corrected chi connectivity index (χ0v) is 8.73. The monoisotopic (exact) mass is 216 g/mol. The van der Waals surface area contributed by atoms with Crippen LogP contribution < -0.4 is 0 Å². The van der Waals surface area contributed by atoms with Crippen LogP contribution in [-0.4, -0.2) is 21.0 Å². The number of nitrogens with zero attached hydrogens (tertiary/aromatic N) is 1. The molecule has 1 aromatic carbocycles. The molecule has 0 aliphatic heterocycles. The molecule has 3 rings (SSSR count). The fourth-order valence-corrected chi connectivity index (χ4v) is 2.10. The number of carbonyl (C=O) groups is 1. The molecule has 1 aromatic heterocycles. The van der Waals surface area contributed by atoms with Crippen LogP contribution in [0.5, 0.6) is 0 Å². The summed E-state index contributed by atoms with van der Waals surface area (Å²) in [6.45, 7) is 0. The van der Waals surface area contributed by atoms with Gasteiger partial charge in [0, 0.05) is 0 Å². The van der Waals surface area contributed by atoms with Crippen LogP contribution in [0.4, 0.5) is 0 Å². The van der Waals surface area contributed by atoms with Crippen LogP contribution in [0.15, 0.2) is 24.5 Å². The molecule has 0 spiro atoms. The van der Waals surface area contributed by atoms with Crippen molar-refractivity contribution < 1.29 is 9.90 Å². The van der Waals surface area contributed by atoms with E-state index in [1.54, 1.807) is 6.33 Å². The SMILES string of the molecule is O=C(O)C1(Cc2ccc3nc[nH]c3c2)CC1. The lowest BCUT2D eigenvalue weighted by molar-refractivity contribution is -0.143. The van der Waals surface area contributed by atoms with Gasteiger partial charge in [0.15, 0.2) is 0 Å². The van der Waals surface area contributed by atoms with E-state index in [0.717, 1.165) is 29.4 Å². The van der Waals surface area contributed by atoms with E-state index in [9.17, 15) is 4.79 Å². The molecule has 0 saturated heterocycles. The van der Waals surface area contributed by atoms with E-state index >= 15 is 0 Å². The molecule has 1 saturated carbocycles. The molecule has 0 radical (unpaired) electrons. The highest BCUT2D eigenvalue weighted by molar-refractivity contribution is 5.79. The van der Waals surface area contributed by atoms with Crippen molar-refractivity contribution in [1.82, 2.24) is 9.97 Å². The van der Waals surface area contributed by atoms with Crippen LogP contribution in [0.25, 0.3) is 11.0 Å². The number of rotatable bonds is 3. The maximum atomic E-state index is 11.1. The normalized spacial score (nSPS) is 17.5.